The molecule has 1 amide bonds. The number of carbonyl (C=O) groups is 6. The molecule has 4 aliphatic rings. The number of Topliss-reactive ketones (excluding diaryl/α,β-unsaturated/α-hetero) is 1. The molecule has 3 aromatic rings. The van der Waals surface area contributed by atoms with Crippen LogP contribution >= 0.6 is 0 Å². The van der Waals surface area contributed by atoms with Crippen LogP contribution in [-0.4, -0.2) is 118 Å². The first-order valence-electron chi connectivity index (χ1n) is 20.9. The second kappa shape index (κ2) is 18.4. The summed E-state index contributed by atoms with van der Waals surface area (Å²) in [5.41, 5.74) is -7.02. The third-order valence-corrected chi connectivity index (χ3v) is 13.5. The number of ketones is 1. The van der Waals surface area contributed by atoms with Gasteiger partial charge in [0.15, 0.2) is 23.6 Å². The number of amides is 1. The molecule has 1 heterocycles. The van der Waals surface area contributed by atoms with E-state index < -0.39 is 113 Å². The minimum atomic E-state index is -2.39. The first-order valence-corrected chi connectivity index (χ1v) is 20.9. The lowest BCUT2D eigenvalue weighted by atomic mass is 9.44. The van der Waals surface area contributed by atoms with Crippen LogP contribution in [0.1, 0.15) is 86.7 Å². The van der Waals surface area contributed by atoms with E-state index in [4.69, 9.17) is 28.8 Å². The zero-order valence-electron chi connectivity index (χ0n) is 36.7. The number of hydrogen-bond acceptors (Lipinski definition) is 15. The van der Waals surface area contributed by atoms with Gasteiger partial charge in [0.1, 0.15) is 23.9 Å². The number of aliphatic hydroxyl groups is 4. The van der Waals surface area contributed by atoms with Crippen molar-refractivity contribution in [2.24, 2.45) is 16.7 Å². The van der Waals surface area contributed by atoms with E-state index in [1.807, 2.05) is 0 Å². The average Bonchev–Trinajstić information content (AvgIpc) is 3.27. The number of esters is 4. The van der Waals surface area contributed by atoms with Gasteiger partial charge in [0.25, 0.3) is 5.91 Å². The Bertz CT molecular complexity index is 2280. The van der Waals surface area contributed by atoms with Crippen molar-refractivity contribution in [1.29, 1.82) is 0 Å². The Kier molecular flexibility index (Phi) is 13.7. The number of ether oxygens (including phenoxy) is 5. The van der Waals surface area contributed by atoms with Crippen molar-refractivity contribution in [1.82, 2.24) is 5.32 Å². The lowest BCUT2D eigenvalue weighted by molar-refractivity contribution is -0.346. The summed E-state index contributed by atoms with van der Waals surface area (Å²) in [5.74, 6) is -6.84. The highest BCUT2D eigenvalue weighted by Gasteiger charge is 2.78. The summed E-state index contributed by atoms with van der Waals surface area (Å²) in [6, 6.07) is 22.9. The van der Waals surface area contributed by atoms with Crippen molar-refractivity contribution in [2.75, 3.05) is 13.7 Å². The number of rotatable bonds is 10. The molecule has 2 saturated carbocycles. The summed E-state index contributed by atoms with van der Waals surface area (Å²) in [4.78, 5) is 83.5. The highest BCUT2D eigenvalue weighted by molar-refractivity contribution is 5.96. The quantitative estimate of drug-likeness (QED) is 0.111. The first kappa shape index (κ1) is 47.7. The van der Waals surface area contributed by atoms with Gasteiger partial charge >= 0.3 is 23.9 Å². The van der Waals surface area contributed by atoms with Gasteiger partial charge in [-0.15, -0.1) is 0 Å². The highest BCUT2D eigenvalue weighted by Crippen LogP contribution is 2.64. The van der Waals surface area contributed by atoms with Crippen LogP contribution in [0, 0.1) is 16.7 Å². The van der Waals surface area contributed by atoms with Crippen LogP contribution < -0.4 is 5.32 Å². The fraction of sp³-hybridized carbons (Fsp3) is 0.458. The largest absolute Gasteiger partial charge is 0.456 e. The molecule has 3 fully saturated rings. The van der Waals surface area contributed by atoms with Crippen LogP contribution in [0.3, 0.4) is 0 Å². The molecular weight excluding hydrogens is 831 g/mol. The Morgan fingerprint density at radius 2 is 1.38 bits per heavy atom. The summed E-state index contributed by atoms with van der Waals surface area (Å²) >= 11 is 0. The van der Waals surface area contributed by atoms with E-state index in [0.717, 1.165) is 21.0 Å². The van der Waals surface area contributed by atoms with Gasteiger partial charge in [-0.05, 0) is 54.8 Å². The SMILES string of the molecule is CC(=O)O[C@H]1C(=O)[C@@]2(C)[C@H]([C@H](OC(=O)c3ccccc3)[C@]3(O)C[C@H](OC(=O)[C@H](O)[C@@H](NC(=O)c4ccccc4)c4ccccc4)C(C)=C1C3(C)C)[C@]1(OC(C)=O)CO[C@@H]1C[C@@H]2O.CO. The molecule has 7 rings (SSSR count). The number of benzene rings is 3. The minimum absolute atomic E-state index is 0.00289. The van der Waals surface area contributed by atoms with Crippen molar-refractivity contribution in [3.05, 3.63) is 119 Å². The van der Waals surface area contributed by atoms with E-state index in [0.29, 0.717) is 5.56 Å². The molecule has 16 heteroatoms. The van der Waals surface area contributed by atoms with Gasteiger partial charge in [-0.2, -0.15) is 0 Å². The third kappa shape index (κ3) is 8.13. The van der Waals surface area contributed by atoms with Crippen molar-refractivity contribution < 1.29 is 72.9 Å². The first-order chi connectivity index (χ1) is 30.3. The molecule has 342 valence electrons. The maximum absolute atomic E-state index is 15.5. The molecule has 0 radical (unpaired) electrons. The molecule has 11 atom stereocenters. The van der Waals surface area contributed by atoms with Crippen molar-refractivity contribution >= 4 is 35.6 Å². The van der Waals surface area contributed by atoms with Gasteiger partial charge in [0.2, 0.25) is 0 Å². The minimum Gasteiger partial charge on any atom is -0.456 e. The van der Waals surface area contributed by atoms with Crippen LogP contribution in [0.25, 0.3) is 0 Å². The van der Waals surface area contributed by atoms with Crippen molar-refractivity contribution in [2.45, 2.75) is 108 Å². The van der Waals surface area contributed by atoms with Crippen molar-refractivity contribution in [3.63, 3.8) is 0 Å². The van der Waals surface area contributed by atoms with Crippen LogP contribution in [0.2, 0.25) is 0 Å². The lowest BCUT2D eigenvalue weighted by Crippen LogP contribution is -2.82. The van der Waals surface area contributed by atoms with Gasteiger partial charge < -0.3 is 49.4 Å². The van der Waals surface area contributed by atoms with E-state index in [1.165, 1.54) is 26.0 Å². The van der Waals surface area contributed by atoms with Gasteiger partial charge in [-0.25, -0.2) is 9.59 Å². The molecule has 16 nitrogen and oxygen atoms in total. The third-order valence-electron chi connectivity index (χ3n) is 13.5. The number of hydrogen-bond donors (Lipinski definition) is 5. The Hall–Kier alpha value is -5.78. The van der Waals surface area contributed by atoms with Crippen LogP contribution in [0.4, 0.5) is 0 Å². The summed E-state index contributed by atoms with van der Waals surface area (Å²) in [7, 11) is 1.00. The number of carbonyl (C=O) groups excluding carboxylic acids is 6. The second-order valence-corrected chi connectivity index (χ2v) is 17.4. The molecule has 3 aliphatic carbocycles. The van der Waals surface area contributed by atoms with Gasteiger partial charge in [0, 0.05) is 44.8 Å². The molecule has 5 N–H and O–H groups in total. The number of nitrogens with one attached hydrogen (secondary N) is 1. The zero-order chi connectivity index (χ0) is 46.9. The fourth-order valence-electron chi connectivity index (χ4n) is 10.2. The summed E-state index contributed by atoms with van der Waals surface area (Å²) in [6.45, 7) is 7.97. The molecule has 64 heavy (non-hydrogen) atoms. The topological polar surface area (TPSA) is 242 Å². The maximum atomic E-state index is 15.5. The number of aliphatic hydroxyl groups excluding tert-OH is 3. The molecule has 1 saturated heterocycles. The van der Waals surface area contributed by atoms with E-state index in [-0.39, 0.29) is 35.3 Å². The summed E-state index contributed by atoms with van der Waals surface area (Å²) in [5, 5.41) is 47.2. The van der Waals surface area contributed by atoms with Gasteiger partial charge in [0.05, 0.1) is 35.6 Å². The maximum Gasteiger partial charge on any atom is 0.338 e. The van der Waals surface area contributed by atoms with E-state index in [2.05, 4.69) is 5.32 Å². The molecular formula is C48H55NO15. The predicted octanol–water partition coefficient (Wildman–Crippen LogP) is 3.34. The van der Waals surface area contributed by atoms with Gasteiger partial charge in [-0.1, -0.05) is 80.6 Å². The number of fused-ring (bicyclic) bond motifs is 5. The van der Waals surface area contributed by atoms with E-state index in [9.17, 15) is 39.3 Å². The normalized spacial score (nSPS) is 31.0. The Morgan fingerprint density at radius 3 is 1.91 bits per heavy atom. The summed E-state index contributed by atoms with van der Waals surface area (Å²) < 4.78 is 30.3. The summed E-state index contributed by atoms with van der Waals surface area (Å²) in [6.07, 6.45) is -10.5. The highest BCUT2D eigenvalue weighted by atomic mass is 16.6. The monoisotopic (exact) mass is 885 g/mol. The second-order valence-electron chi connectivity index (χ2n) is 17.4. The van der Waals surface area contributed by atoms with Crippen molar-refractivity contribution in [3.8, 4) is 0 Å². The molecule has 2 bridgehead atoms. The standard InChI is InChI=1S/C47H51NO14.CH4O/c1-25-31(60-43(56)36(52)35(28-16-10-7-11-17-28)48-41(54)29-18-12-8-13-19-29)23-47(57)40(61-42(55)30-20-14-9-15-21-30)38-45(6,32(51)22-33-46(38,24-58-33)62-27(3)50)39(53)37(59-26(2)49)34(25)44(47,4)5;1-2/h7-21,31-33,35-38,40,51-52,57H,22-24H2,1-6H3,(H,48,54);2H,1H3/t31-,32-,33+,35-,36+,37+,38-,40-,45+,46-,47+;/m0./s1. The Labute approximate surface area is 370 Å². The van der Waals surface area contributed by atoms with E-state index >= 15 is 4.79 Å². The molecule has 0 spiro atoms. The Balaban J connectivity index is 0.00000335. The molecule has 0 aromatic heterocycles. The van der Waals surface area contributed by atoms with Crippen LogP contribution in [0.5, 0.6) is 0 Å². The lowest BCUT2D eigenvalue weighted by Gasteiger charge is -2.67. The van der Waals surface area contributed by atoms with Crippen LogP contribution in [0.15, 0.2) is 102 Å². The zero-order valence-corrected chi connectivity index (χ0v) is 36.7. The van der Waals surface area contributed by atoms with Gasteiger partial charge in [-0.3, -0.25) is 19.2 Å². The molecule has 3 aromatic carbocycles. The molecule has 0 unspecified atom stereocenters. The van der Waals surface area contributed by atoms with E-state index in [1.54, 1.807) is 92.7 Å². The Morgan fingerprint density at radius 1 is 0.812 bits per heavy atom. The predicted molar refractivity (Wildman–Crippen MR) is 226 cm³/mol. The smallest absolute Gasteiger partial charge is 0.338 e. The fourth-order valence-corrected chi connectivity index (χ4v) is 10.2. The molecule has 1 aliphatic heterocycles. The van der Waals surface area contributed by atoms with Crippen LogP contribution in [-0.2, 0) is 42.9 Å². The average molecular weight is 886 g/mol.